The van der Waals surface area contributed by atoms with Crippen molar-refractivity contribution in [3.05, 3.63) is 53.9 Å². The zero-order chi connectivity index (χ0) is 15.2. The second-order valence-corrected chi connectivity index (χ2v) is 4.82. The van der Waals surface area contributed by atoms with Gasteiger partial charge in [-0.2, -0.15) is 0 Å². The van der Waals surface area contributed by atoms with Crippen molar-refractivity contribution in [2.24, 2.45) is 5.73 Å². The molecule has 5 nitrogen and oxygen atoms in total. The number of anilines is 1. The number of carbonyl (C=O) groups is 1. The van der Waals surface area contributed by atoms with Crippen molar-refractivity contribution in [2.45, 2.75) is 13.5 Å². The van der Waals surface area contributed by atoms with Crippen molar-refractivity contribution in [3.8, 4) is 5.75 Å². The Kier molecular flexibility index (Phi) is 4.84. The molecule has 0 aliphatic heterocycles. The molecule has 0 fully saturated rings. The van der Waals surface area contributed by atoms with Crippen LogP contribution in [0.5, 0.6) is 5.75 Å². The Hall–Kier alpha value is -2.47. The Morgan fingerprint density at radius 2 is 2.14 bits per heavy atom. The molecule has 0 bridgehead atoms. The third kappa shape index (κ3) is 4.25. The van der Waals surface area contributed by atoms with Crippen molar-refractivity contribution in [2.75, 3.05) is 5.32 Å². The summed E-state index contributed by atoms with van der Waals surface area (Å²) in [6.45, 7) is 1.78. The molecule has 3 N–H and O–H groups in total. The number of ether oxygens (including phenoxy) is 1. The van der Waals surface area contributed by atoms with Crippen molar-refractivity contribution in [1.29, 1.82) is 0 Å². The molecule has 1 aromatic heterocycles. The number of nitrogens with two attached hydrogens (primary N) is 1. The number of rotatable bonds is 5. The minimum atomic E-state index is -0.147. The first-order valence-corrected chi connectivity index (χ1v) is 6.71. The second-order valence-electron chi connectivity index (χ2n) is 4.38. The van der Waals surface area contributed by atoms with Crippen molar-refractivity contribution in [1.82, 2.24) is 4.98 Å². The number of aromatic nitrogens is 1. The molecule has 0 atom stereocenters. The summed E-state index contributed by atoms with van der Waals surface area (Å²) in [4.78, 5) is 15.5. The van der Waals surface area contributed by atoms with Crippen LogP contribution in [0.4, 0.5) is 5.69 Å². The predicted molar refractivity (Wildman–Crippen MR) is 85.2 cm³/mol. The van der Waals surface area contributed by atoms with Crippen LogP contribution in [-0.2, 0) is 11.4 Å². The summed E-state index contributed by atoms with van der Waals surface area (Å²) in [5.41, 5.74) is 7.63. The highest BCUT2D eigenvalue weighted by Gasteiger charge is 2.06. The van der Waals surface area contributed by atoms with E-state index >= 15 is 0 Å². The fourth-order valence-corrected chi connectivity index (χ4v) is 1.86. The van der Waals surface area contributed by atoms with Crippen LogP contribution in [0.25, 0.3) is 0 Å². The number of amides is 1. The van der Waals surface area contributed by atoms with E-state index in [0.29, 0.717) is 23.7 Å². The smallest absolute Gasteiger partial charge is 0.221 e. The van der Waals surface area contributed by atoms with Gasteiger partial charge in [0, 0.05) is 13.1 Å². The van der Waals surface area contributed by atoms with E-state index in [1.807, 2.05) is 18.2 Å². The maximum atomic E-state index is 11.2. The lowest BCUT2D eigenvalue weighted by Gasteiger charge is -2.12. The summed E-state index contributed by atoms with van der Waals surface area (Å²) < 4.78 is 5.73. The molecule has 0 spiro atoms. The lowest BCUT2D eigenvalue weighted by atomic mass is 10.2. The van der Waals surface area contributed by atoms with E-state index in [0.717, 1.165) is 5.56 Å². The molecule has 1 amide bonds. The molecular weight excluding hydrogens is 286 g/mol. The number of nitrogens with zero attached hydrogens (tertiary/aromatic N) is 1. The van der Waals surface area contributed by atoms with Crippen LogP contribution in [0.1, 0.15) is 18.2 Å². The first kappa shape index (κ1) is 14.9. The van der Waals surface area contributed by atoms with Gasteiger partial charge in [-0.15, -0.1) is 0 Å². The van der Waals surface area contributed by atoms with Crippen LogP contribution in [-0.4, -0.2) is 15.9 Å². The summed E-state index contributed by atoms with van der Waals surface area (Å²) in [6, 6.07) is 10.8. The van der Waals surface area contributed by atoms with Crippen LogP contribution in [0.15, 0.2) is 42.6 Å². The Bertz CT molecular complexity index is 673. The fraction of sp³-hybridized carbons (Fsp3) is 0.133. The number of pyridine rings is 1. The average Bonchev–Trinajstić information content (AvgIpc) is 2.46. The number of benzene rings is 1. The highest BCUT2D eigenvalue weighted by molar-refractivity contribution is 7.80. The molecule has 6 heteroatoms. The van der Waals surface area contributed by atoms with Crippen molar-refractivity contribution >= 4 is 28.8 Å². The largest absolute Gasteiger partial charge is 0.487 e. The number of hydrogen-bond acceptors (Lipinski definition) is 4. The summed E-state index contributed by atoms with van der Waals surface area (Å²) in [7, 11) is 0. The first-order chi connectivity index (χ1) is 10.1. The molecule has 0 aliphatic rings. The van der Waals surface area contributed by atoms with E-state index in [1.54, 1.807) is 24.4 Å². The fourth-order valence-electron chi connectivity index (χ4n) is 1.75. The SMILES string of the molecule is CC(=O)Nc1ccccc1OCc1ccnc(C(N)=S)c1. The van der Waals surface area contributed by atoms with E-state index in [9.17, 15) is 4.79 Å². The van der Waals surface area contributed by atoms with E-state index in [2.05, 4.69) is 10.3 Å². The predicted octanol–water partition coefficient (Wildman–Crippen LogP) is 2.25. The number of thiocarbonyl (C=S) groups is 1. The molecule has 2 aromatic rings. The van der Waals surface area contributed by atoms with Gasteiger partial charge in [0.1, 0.15) is 17.3 Å². The number of nitrogens with one attached hydrogen (secondary N) is 1. The highest BCUT2D eigenvalue weighted by atomic mass is 32.1. The van der Waals surface area contributed by atoms with Crippen LogP contribution in [0.3, 0.4) is 0 Å². The van der Waals surface area contributed by atoms with Gasteiger partial charge in [-0.1, -0.05) is 24.4 Å². The molecular formula is C15H15N3O2S. The van der Waals surface area contributed by atoms with Crippen LogP contribution in [0, 0.1) is 0 Å². The number of carbonyl (C=O) groups excluding carboxylic acids is 1. The van der Waals surface area contributed by atoms with Crippen molar-refractivity contribution in [3.63, 3.8) is 0 Å². The molecule has 0 saturated carbocycles. The average molecular weight is 301 g/mol. The maximum absolute atomic E-state index is 11.2. The van der Waals surface area contributed by atoms with Gasteiger partial charge in [0.15, 0.2) is 0 Å². The van der Waals surface area contributed by atoms with Crippen molar-refractivity contribution < 1.29 is 9.53 Å². The maximum Gasteiger partial charge on any atom is 0.221 e. The third-order valence-corrected chi connectivity index (χ3v) is 2.88. The topological polar surface area (TPSA) is 77.2 Å². The lowest BCUT2D eigenvalue weighted by molar-refractivity contribution is -0.114. The summed E-state index contributed by atoms with van der Waals surface area (Å²) in [5.74, 6) is 0.451. The first-order valence-electron chi connectivity index (χ1n) is 6.30. The molecule has 0 radical (unpaired) electrons. The quantitative estimate of drug-likeness (QED) is 0.828. The zero-order valence-corrected chi connectivity index (χ0v) is 12.3. The van der Waals surface area contributed by atoms with Gasteiger partial charge in [-0.05, 0) is 29.8 Å². The van der Waals surface area contributed by atoms with Gasteiger partial charge in [-0.25, -0.2) is 0 Å². The molecule has 0 unspecified atom stereocenters. The Balaban J connectivity index is 2.11. The Morgan fingerprint density at radius 1 is 1.38 bits per heavy atom. The Morgan fingerprint density at radius 3 is 2.86 bits per heavy atom. The molecule has 2 rings (SSSR count). The summed E-state index contributed by atoms with van der Waals surface area (Å²) in [5, 5.41) is 2.72. The van der Waals surface area contributed by atoms with Gasteiger partial charge < -0.3 is 15.8 Å². The van der Waals surface area contributed by atoms with Gasteiger partial charge >= 0.3 is 0 Å². The molecule has 108 valence electrons. The minimum Gasteiger partial charge on any atom is -0.487 e. The van der Waals surface area contributed by atoms with Gasteiger partial charge in [0.2, 0.25) is 5.91 Å². The molecule has 0 saturated heterocycles. The minimum absolute atomic E-state index is 0.147. The van der Waals surface area contributed by atoms with Gasteiger partial charge in [0.25, 0.3) is 0 Å². The standard InChI is InChI=1S/C15H15N3O2S/c1-10(19)18-12-4-2-3-5-14(12)20-9-11-6-7-17-13(8-11)15(16)21/h2-8H,9H2,1H3,(H2,16,21)(H,18,19). The number of hydrogen-bond donors (Lipinski definition) is 2. The van der Waals surface area contributed by atoms with E-state index in [1.165, 1.54) is 6.92 Å². The van der Waals surface area contributed by atoms with Gasteiger partial charge in [0.05, 0.1) is 11.4 Å². The normalized spacial score (nSPS) is 9.95. The highest BCUT2D eigenvalue weighted by Crippen LogP contribution is 2.24. The second kappa shape index (κ2) is 6.81. The van der Waals surface area contributed by atoms with Crippen LogP contribution < -0.4 is 15.8 Å². The summed E-state index contributed by atoms with van der Waals surface area (Å²) >= 11 is 4.89. The van der Waals surface area contributed by atoms with E-state index in [-0.39, 0.29) is 10.9 Å². The summed E-state index contributed by atoms with van der Waals surface area (Å²) in [6.07, 6.45) is 1.63. The Labute approximate surface area is 128 Å². The third-order valence-electron chi connectivity index (χ3n) is 2.67. The monoisotopic (exact) mass is 301 g/mol. The molecule has 1 heterocycles. The molecule has 0 aliphatic carbocycles. The molecule has 21 heavy (non-hydrogen) atoms. The van der Waals surface area contributed by atoms with Crippen LogP contribution in [0.2, 0.25) is 0 Å². The number of para-hydroxylation sites is 2. The molecule has 1 aromatic carbocycles. The van der Waals surface area contributed by atoms with Gasteiger partial charge in [-0.3, -0.25) is 9.78 Å². The lowest BCUT2D eigenvalue weighted by Crippen LogP contribution is -2.12. The zero-order valence-electron chi connectivity index (χ0n) is 11.5. The van der Waals surface area contributed by atoms with E-state index < -0.39 is 0 Å². The van der Waals surface area contributed by atoms with E-state index in [4.69, 9.17) is 22.7 Å². The van der Waals surface area contributed by atoms with Crippen LogP contribution >= 0.6 is 12.2 Å².